The maximum Gasteiger partial charge on any atom is 0.387 e. The molecule has 1 aromatic rings. The summed E-state index contributed by atoms with van der Waals surface area (Å²) in [6, 6.07) is 5.38. The molecule has 98 valence electrons. The Morgan fingerprint density at radius 3 is 2.61 bits per heavy atom. The van der Waals surface area contributed by atoms with Crippen molar-refractivity contribution in [2.75, 3.05) is 0 Å². The molecule has 0 heterocycles. The van der Waals surface area contributed by atoms with Crippen LogP contribution in [0.25, 0.3) is 0 Å². The Morgan fingerprint density at radius 2 is 2.11 bits per heavy atom. The number of rotatable bonds is 6. The van der Waals surface area contributed by atoms with E-state index in [0.29, 0.717) is 0 Å². The predicted octanol–water partition coefficient (Wildman–Crippen LogP) is 1.33. The normalized spacial score (nSPS) is 13.8. The van der Waals surface area contributed by atoms with Gasteiger partial charge in [0.2, 0.25) is 6.41 Å². The van der Waals surface area contributed by atoms with Gasteiger partial charge >= 0.3 is 12.6 Å². The third-order valence-corrected chi connectivity index (χ3v) is 2.42. The first-order chi connectivity index (χ1) is 8.41. The minimum Gasteiger partial charge on any atom is -0.479 e. The Kier molecular flexibility index (Phi) is 4.19. The maximum atomic E-state index is 12.2. The number of carbonyl (C=O) groups is 2. The Hall–Kier alpha value is -2.18. The molecular weight excluding hydrogens is 248 g/mol. The van der Waals surface area contributed by atoms with E-state index in [2.05, 4.69) is 10.1 Å². The summed E-state index contributed by atoms with van der Waals surface area (Å²) in [6.45, 7) is -1.90. The highest BCUT2D eigenvalue weighted by atomic mass is 19.3. The van der Waals surface area contributed by atoms with Gasteiger partial charge in [0, 0.05) is 5.56 Å². The molecule has 0 fully saturated rings. The van der Waals surface area contributed by atoms with Crippen LogP contribution in [-0.4, -0.2) is 24.1 Å². The van der Waals surface area contributed by atoms with Crippen LogP contribution >= 0.6 is 0 Å². The first-order valence-corrected chi connectivity index (χ1v) is 4.91. The van der Waals surface area contributed by atoms with Gasteiger partial charge in [-0.15, -0.1) is 0 Å². The fourth-order valence-corrected chi connectivity index (χ4v) is 1.45. The van der Waals surface area contributed by atoms with Crippen molar-refractivity contribution in [3.8, 4) is 5.75 Å². The molecule has 0 saturated heterocycles. The topological polar surface area (TPSA) is 75.6 Å². The summed E-state index contributed by atoms with van der Waals surface area (Å²) in [4.78, 5) is 21.7. The lowest BCUT2D eigenvalue weighted by Crippen LogP contribution is -2.46. The highest BCUT2D eigenvalue weighted by Crippen LogP contribution is 2.30. The first-order valence-electron chi connectivity index (χ1n) is 4.91. The number of hydrogen-bond acceptors (Lipinski definition) is 3. The predicted molar refractivity (Wildman–Crippen MR) is 57.3 cm³/mol. The average molecular weight is 259 g/mol. The van der Waals surface area contributed by atoms with Crippen LogP contribution in [0.4, 0.5) is 8.78 Å². The second-order valence-electron chi connectivity index (χ2n) is 3.57. The van der Waals surface area contributed by atoms with Crippen LogP contribution < -0.4 is 10.1 Å². The monoisotopic (exact) mass is 259 g/mol. The standard InChI is InChI=1S/C11H11F2NO4/c1-11(9(16)17,14-6-15)7-4-2-3-5-8(7)18-10(12)13/h2-6,10H,1H3,(H,14,15)(H,16,17). The summed E-state index contributed by atoms with van der Waals surface area (Å²) in [5, 5.41) is 11.2. The Bertz CT molecular complexity index is 452. The molecule has 0 aliphatic heterocycles. The molecule has 7 heteroatoms. The van der Waals surface area contributed by atoms with Crippen LogP contribution in [0, 0.1) is 0 Å². The number of aliphatic carboxylic acids is 1. The first kappa shape index (κ1) is 13.9. The zero-order valence-corrected chi connectivity index (χ0v) is 9.39. The number of carboxylic acid groups (broad SMARTS) is 1. The van der Waals surface area contributed by atoms with Gasteiger partial charge in [-0.2, -0.15) is 8.78 Å². The largest absolute Gasteiger partial charge is 0.479 e. The highest BCUT2D eigenvalue weighted by Gasteiger charge is 2.37. The number of para-hydroxylation sites is 1. The molecule has 1 aromatic carbocycles. The molecule has 0 aliphatic carbocycles. The van der Waals surface area contributed by atoms with Gasteiger partial charge in [0.15, 0.2) is 5.54 Å². The summed E-state index contributed by atoms with van der Waals surface area (Å²) < 4.78 is 28.7. The van der Waals surface area contributed by atoms with E-state index < -0.39 is 18.1 Å². The molecule has 0 aromatic heterocycles. The van der Waals surface area contributed by atoms with Crippen molar-refractivity contribution in [2.24, 2.45) is 0 Å². The molecule has 0 bridgehead atoms. The average Bonchev–Trinajstić information content (AvgIpc) is 2.28. The zero-order valence-electron chi connectivity index (χ0n) is 9.39. The van der Waals surface area contributed by atoms with Gasteiger partial charge in [-0.25, -0.2) is 4.79 Å². The van der Waals surface area contributed by atoms with Gasteiger partial charge in [0.05, 0.1) is 0 Å². The molecule has 18 heavy (non-hydrogen) atoms. The summed E-state index contributed by atoms with van der Waals surface area (Å²) >= 11 is 0. The number of ether oxygens (including phenoxy) is 1. The second-order valence-corrected chi connectivity index (χ2v) is 3.57. The van der Waals surface area contributed by atoms with E-state index >= 15 is 0 Å². The summed E-state index contributed by atoms with van der Waals surface area (Å²) in [6.07, 6.45) is 0.188. The second kappa shape index (κ2) is 5.44. The molecule has 0 radical (unpaired) electrons. The Morgan fingerprint density at radius 1 is 1.50 bits per heavy atom. The number of amides is 1. The number of alkyl halides is 2. The minimum atomic E-state index is -3.08. The van der Waals surface area contributed by atoms with Crippen LogP contribution in [-0.2, 0) is 15.1 Å². The van der Waals surface area contributed by atoms with E-state index in [9.17, 15) is 18.4 Å². The minimum absolute atomic E-state index is 0.0649. The lowest BCUT2D eigenvalue weighted by atomic mass is 9.91. The Balaban J connectivity index is 3.28. The van der Waals surface area contributed by atoms with Gasteiger partial charge in [-0.3, -0.25) is 4.79 Å². The molecule has 1 rings (SSSR count). The van der Waals surface area contributed by atoms with E-state index in [1.165, 1.54) is 31.2 Å². The van der Waals surface area contributed by atoms with E-state index in [4.69, 9.17) is 5.11 Å². The third-order valence-electron chi connectivity index (χ3n) is 2.42. The van der Waals surface area contributed by atoms with E-state index in [1.54, 1.807) is 0 Å². The van der Waals surface area contributed by atoms with Gasteiger partial charge in [0.1, 0.15) is 5.75 Å². The molecule has 5 nitrogen and oxygen atoms in total. The SMILES string of the molecule is CC(NC=O)(C(=O)O)c1ccccc1OC(F)F. The Labute approximate surface area is 101 Å². The van der Waals surface area contributed by atoms with Gasteiger partial charge in [-0.1, -0.05) is 18.2 Å². The lowest BCUT2D eigenvalue weighted by Gasteiger charge is -2.26. The molecular formula is C11H11F2NO4. The van der Waals surface area contributed by atoms with Gasteiger partial charge in [0.25, 0.3) is 0 Å². The van der Waals surface area contributed by atoms with Crippen molar-refractivity contribution in [1.82, 2.24) is 5.32 Å². The smallest absolute Gasteiger partial charge is 0.387 e. The van der Waals surface area contributed by atoms with Crippen LogP contribution in [0.3, 0.4) is 0 Å². The number of carbonyl (C=O) groups excluding carboxylic acids is 1. The number of halogens is 2. The van der Waals surface area contributed by atoms with Crippen LogP contribution in [0.1, 0.15) is 12.5 Å². The van der Waals surface area contributed by atoms with Crippen LogP contribution in [0.15, 0.2) is 24.3 Å². The number of benzene rings is 1. The molecule has 0 spiro atoms. The van der Waals surface area contributed by atoms with Crippen LogP contribution in [0.5, 0.6) is 5.75 Å². The summed E-state index contributed by atoms with van der Waals surface area (Å²) in [7, 11) is 0. The highest BCUT2D eigenvalue weighted by molar-refractivity contribution is 5.83. The van der Waals surface area contributed by atoms with Crippen molar-refractivity contribution in [2.45, 2.75) is 19.1 Å². The molecule has 1 unspecified atom stereocenters. The lowest BCUT2D eigenvalue weighted by molar-refractivity contribution is -0.146. The zero-order chi connectivity index (χ0) is 13.8. The number of nitrogens with one attached hydrogen (secondary N) is 1. The third kappa shape index (κ3) is 2.73. The molecule has 1 amide bonds. The van der Waals surface area contributed by atoms with Gasteiger partial charge < -0.3 is 15.2 Å². The quantitative estimate of drug-likeness (QED) is 0.756. The van der Waals surface area contributed by atoms with Crippen molar-refractivity contribution in [3.05, 3.63) is 29.8 Å². The van der Waals surface area contributed by atoms with Crippen molar-refractivity contribution < 1.29 is 28.2 Å². The summed E-state index contributed by atoms with van der Waals surface area (Å²) in [5.41, 5.74) is -1.90. The molecule has 0 aliphatic rings. The van der Waals surface area contributed by atoms with Crippen LogP contribution in [0.2, 0.25) is 0 Å². The van der Waals surface area contributed by atoms with Crippen molar-refractivity contribution in [3.63, 3.8) is 0 Å². The van der Waals surface area contributed by atoms with Gasteiger partial charge in [-0.05, 0) is 13.0 Å². The number of carboxylic acids is 1. The van der Waals surface area contributed by atoms with Crippen molar-refractivity contribution >= 4 is 12.4 Å². The van der Waals surface area contributed by atoms with E-state index in [1.807, 2.05) is 0 Å². The fraction of sp³-hybridized carbons (Fsp3) is 0.273. The van der Waals surface area contributed by atoms with Crippen molar-refractivity contribution in [1.29, 1.82) is 0 Å². The summed E-state index contributed by atoms with van der Waals surface area (Å²) in [5.74, 6) is -1.69. The molecule has 1 atom stereocenters. The fourth-order valence-electron chi connectivity index (χ4n) is 1.45. The number of hydrogen-bond donors (Lipinski definition) is 2. The van der Waals surface area contributed by atoms with E-state index in [-0.39, 0.29) is 17.7 Å². The molecule has 0 saturated carbocycles. The van der Waals surface area contributed by atoms with E-state index in [0.717, 1.165) is 0 Å². The maximum absolute atomic E-state index is 12.2. The molecule has 2 N–H and O–H groups in total.